The summed E-state index contributed by atoms with van der Waals surface area (Å²) in [6.45, 7) is 0.864. The molecule has 0 atom stereocenters. The van der Waals surface area contributed by atoms with Gasteiger partial charge < -0.3 is 14.1 Å². The van der Waals surface area contributed by atoms with Gasteiger partial charge in [-0.05, 0) is 24.3 Å². The van der Waals surface area contributed by atoms with Crippen LogP contribution in [0.1, 0.15) is 12.2 Å². The number of carbonyl (C=O) groups is 1. The molecule has 2 rings (SSSR count). The predicted octanol–water partition coefficient (Wildman–Crippen LogP) is 2.71. The Morgan fingerprint density at radius 1 is 1.21 bits per heavy atom. The van der Waals surface area contributed by atoms with E-state index in [0.29, 0.717) is 19.6 Å². The van der Waals surface area contributed by atoms with Gasteiger partial charge in [-0.3, -0.25) is 4.79 Å². The lowest BCUT2D eigenvalue weighted by Crippen LogP contribution is -2.27. The zero-order valence-electron chi connectivity index (χ0n) is 10.9. The highest BCUT2D eigenvalue weighted by molar-refractivity contribution is 5.75. The van der Waals surface area contributed by atoms with Crippen molar-refractivity contribution in [2.45, 2.75) is 13.0 Å². The topological polar surface area (TPSA) is 42.7 Å². The van der Waals surface area contributed by atoms with Crippen molar-refractivity contribution in [3.8, 4) is 5.75 Å². The van der Waals surface area contributed by atoms with Gasteiger partial charge in [0.15, 0.2) is 0 Å². The molecule has 4 nitrogen and oxygen atoms in total. The van der Waals surface area contributed by atoms with Crippen LogP contribution in [-0.2, 0) is 11.3 Å². The lowest BCUT2D eigenvalue weighted by atomic mass is 10.3. The van der Waals surface area contributed by atoms with Crippen molar-refractivity contribution < 1.29 is 13.9 Å². The van der Waals surface area contributed by atoms with Gasteiger partial charge in [-0.1, -0.05) is 18.2 Å². The molecule has 0 unspecified atom stereocenters. The van der Waals surface area contributed by atoms with Crippen LogP contribution in [0.25, 0.3) is 0 Å². The van der Waals surface area contributed by atoms with E-state index in [2.05, 4.69) is 0 Å². The molecule has 0 aliphatic rings. The molecule has 0 spiro atoms. The van der Waals surface area contributed by atoms with Crippen LogP contribution in [0.2, 0.25) is 0 Å². The molecule has 0 aliphatic carbocycles. The summed E-state index contributed by atoms with van der Waals surface area (Å²) in [7, 11) is 1.76. The van der Waals surface area contributed by atoms with Crippen molar-refractivity contribution in [3.63, 3.8) is 0 Å². The van der Waals surface area contributed by atoms with Crippen LogP contribution in [-0.4, -0.2) is 24.5 Å². The smallest absolute Gasteiger partial charge is 0.226 e. The number of ether oxygens (including phenoxy) is 1. The number of hydrogen-bond acceptors (Lipinski definition) is 3. The molecule has 19 heavy (non-hydrogen) atoms. The SMILES string of the molecule is CN(Cc1ccco1)C(=O)CCOc1ccccc1. The van der Waals surface area contributed by atoms with E-state index < -0.39 is 0 Å². The molecule has 2 aromatic rings. The Kier molecular flexibility index (Phi) is 4.61. The van der Waals surface area contributed by atoms with Crippen LogP contribution in [0.3, 0.4) is 0 Å². The van der Waals surface area contributed by atoms with Gasteiger partial charge in [0.2, 0.25) is 5.91 Å². The summed E-state index contributed by atoms with van der Waals surface area (Å²) in [5.74, 6) is 1.59. The molecule has 1 aromatic carbocycles. The monoisotopic (exact) mass is 259 g/mol. The summed E-state index contributed by atoms with van der Waals surface area (Å²) in [4.78, 5) is 13.5. The molecule has 1 amide bonds. The fraction of sp³-hybridized carbons (Fsp3) is 0.267. The number of carbonyl (C=O) groups excluding carboxylic acids is 1. The first-order valence-corrected chi connectivity index (χ1v) is 6.20. The minimum Gasteiger partial charge on any atom is -0.493 e. The maximum absolute atomic E-state index is 11.9. The molecule has 0 aliphatic heterocycles. The largest absolute Gasteiger partial charge is 0.493 e. The number of amides is 1. The van der Waals surface area contributed by atoms with Crippen molar-refractivity contribution in [1.82, 2.24) is 4.90 Å². The van der Waals surface area contributed by atoms with E-state index in [1.807, 2.05) is 42.5 Å². The second kappa shape index (κ2) is 6.64. The Labute approximate surface area is 112 Å². The Morgan fingerprint density at radius 3 is 2.68 bits per heavy atom. The van der Waals surface area contributed by atoms with Crippen LogP contribution >= 0.6 is 0 Å². The normalized spacial score (nSPS) is 10.2. The highest BCUT2D eigenvalue weighted by atomic mass is 16.5. The molecular formula is C15H17NO3. The quantitative estimate of drug-likeness (QED) is 0.801. The number of benzene rings is 1. The van der Waals surface area contributed by atoms with Gasteiger partial charge in [-0.25, -0.2) is 0 Å². The van der Waals surface area contributed by atoms with Crippen LogP contribution in [0.5, 0.6) is 5.75 Å². The van der Waals surface area contributed by atoms with E-state index >= 15 is 0 Å². The van der Waals surface area contributed by atoms with Gasteiger partial charge in [0, 0.05) is 7.05 Å². The first-order valence-electron chi connectivity index (χ1n) is 6.20. The third-order valence-corrected chi connectivity index (χ3v) is 2.73. The minimum atomic E-state index is 0.0346. The Bertz CT molecular complexity index is 493. The molecular weight excluding hydrogens is 242 g/mol. The third-order valence-electron chi connectivity index (χ3n) is 2.73. The van der Waals surface area contributed by atoms with Crippen LogP contribution < -0.4 is 4.74 Å². The summed E-state index contributed by atoms with van der Waals surface area (Å²) in [5, 5.41) is 0. The van der Waals surface area contributed by atoms with Gasteiger partial charge in [0.1, 0.15) is 11.5 Å². The molecule has 4 heteroatoms. The van der Waals surface area contributed by atoms with Crippen molar-refractivity contribution >= 4 is 5.91 Å². The number of rotatable bonds is 6. The highest BCUT2D eigenvalue weighted by Crippen LogP contribution is 2.09. The van der Waals surface area contributed by atoms with E-state index in [9.17, 15) is 4.79 Å². The number of para-hydroxylation sites is 1. The fourth-order valence-electron chi connectivity index (χ4n) is 1.69. The summed E-state index contributed by atoms with van der Waals surface area (Å²) >= 11 is 0. The maximum Gasteiger partial charge on any atom is 0.226 e. The molecule has 0 bridgehead atoms. The van der Waals surface area contributed by atoms with Gasteiger partial charge in [-0.15, -0.1) is 0 Å². The Hall–Kier alpha value is -2.23. The van der Waals surface area contributed by atoms with Crippen LogP contribution in [0.15, 0.2) is 53.1 Å². The maximum atomic E-state index is 11.9. The average molecular weight is 259 g/mol. The third kappa shape index (κ3) is 4.17. The van der Waals surface area contributed by atoms with E-state index in [1.54, 1.807) is 18.2 Å². The Morgan fingerprint density at radius 2 is 2.00 bits per heavy atom. The van der Waals surface area contributed by atoms with E-state index in [1.165, 1.54) is 0 Å². The molecule has 0 fully saturated rings. The highest BCUT2D eigenvalue weighted by Gasteiger charge is 2.10. The summed E-state index contributed by atoms with van der Waals surface area (Å²) in [6.07, 6.45) is 1.96. The first-order chi connectivity index (χ1) is 9.25. The summed E-state index contributed by atoms with van der Waals surface area (Å²) in [5.41, 5.74) is 0. The summed E-state index contributed by atoms with van der Waals surface area (Å²) in [6, 6.07) is 13.1. The first kappa shape index (κ1) is 13.2. The predicted molar refractivity (Wildman–Crippen MR) is 71.7 cm³/mol. The standard InChI is InChI=1S/C15H17NO3/c1-16(12-14-8-5-10-18-14)15(17)9-11-19-13-6-3-2-4-7-13/h2-8,10H,9,11-12H2,1H3. The zero-order valence-corrected chi connectivity index (χ0v) is 10.9. The molecule has 0 saturated heterocycles. The van der Waals surface area contributed by atoms with E-state index in [4.69, 9.17) is 9.15 Å². The van der Waals surface area contributed by atoms with E-state index in [-0.39, 0.29) is 5.91 Å². The number of furan rings is 1. The van der Waals surface area contributed by atoms with E-state index in [0.717, 1.165) is 11.5 Å². The second-order valence-corrected chi connectivity index (χ2v) is 4.24. The number of nitrogens with zero attached hydrogens (tertiary/aromatic N) is 1. The lowest BCUT2D eigenvalue weighted by Gasteiger charge is -2.15. The van der Waals surface area contributed by atoms with Gasteiger partial charge in [0.05, 0.1) is 25.8 Å². The zero-order chi connectivity index (χ0) is 13.5. The second-order valence-electron chi connectivity index (χ2n) is 4.24. The Balaban J connectivity index is 1.72. The minimum absolute atomic E-state index is 0.0346. The number of hydrogen-bond donors (Lipinski definition) is 0. The van der Waals surface area contributed by atoms with Crippen molar-refractivity contribution in [2.24, 2.45) is 0 Å². The van der Waals surface area contributed by atoms with Crippen molar-refractivity contribution in [2.75, 3.05) is 13.7 Å². The van der Waals surface area contributed by atoms with Crippen molar-refractivity contribution in [3.05, 3.63) is 54.5 Å². The molecule has 100 valence electrons. The van der Waals surface area contributed by atoms with Gasteiger partial charge >= 0.3 is 0 Å². The molecule has 1 aromatic heterocycles. The van der Waals surface area contributed by atoms with Crippen LogP contribution in [0, 0.1) is 0 Å². The fourth-order valence-corrected chi connectivity index (χ4v) is 1.69. The summed E-state index contributed by atoms with van der Waals surface area (Å²) < 4.78 is 10.7. The van der Waals surface area contributed by atoms with Gasteiger partial charge in [-0.2, -0.15) is 0 Å². The molecule has 0 radical (unpaired) electrons. The molecule has 0 saturated carbocycles. The molecule has 1 heterocycles. The van der Waals surface area contributed by atoms with Crippen molar-refractivity contribution in [1.29, 1.82) is 0 Å². The average Bonchev–Trinajstić information content (AvgIpc) is 2.92. The van der Waals surface area contributed by atoms with Crippen LogP contribution in [0.4, 0.5) is 0 Å². The lowest BCUT2D eigenvalue weighted by molar-refractivity contribution is -0.131. The molecule has 0 N–H and O–H groups in total. The van der Waals surface area contributed by atoms with Gasteiger partial charge in [0.25, 0.3) is 0 Å².